The number of hydrogen-bond acceptors (Lipinski definition) is 6. The highest BCUT2D eigenvalue weighted by molar-refractivity contribution is 6.00. The number of fused-ring (bicyclic) bond motifs is 4. The van der Waals surface area contributed by atoms with Crippen LogP contribution in [0.3, 0.4) is 0 Å². The molecule has 3 saturated carbocycles. The van der Waals surface area contributed by atoms with Crippen molar-refractivity contribution in [1.29, 1.82) is 5.26 Å². The minimum absolute atomic E-state index is 0.240. The van der Waals surface area contributed by atoms with E-state index < -0.39 is 23.3 Å². The van der Waals surface area contributed by atoms with E-state index in [1.54, 1.807) is 16.6 Å². The molecule has 6 rings (SSSR count). The summed E-state index contributed by atoms with van der Waals surface area (Å²) in [6, 6.07) is 9.23. The van der Waals surface area contributed by atoms with Crippen molar-refractivity contribution in [2.24, 2.45) is 0 Å². The van der Waals surface area contributed by atoms with Crippen LogP contribution in [0.1, 0.15) is 68.3 Å². The van der Waals surface area contributed by atoms with Crippen LogP contribution in [-0.4, -0.2) is 55.1 Å². The predicted molar refractivity (Wildman–Crippen MR) is 135 cm³/mol. The van der Waals surface area contributed by atoms with E-state index in [2.05, 4.69) is 26.8 Å². The highest BCUT2D eigenvalue weighted by atomic mass is 19.1. The van der Waals surface area contributed by atoms with Crippen LogP contribution in [0, 0.1) is 11.3 Å². The monoisotopic (exact) mass is 508 g/mol. The Morgan fingerprint density at radius 1 is 1.22 bits per heavy atom. The molecule has 3 fully saturated rings. The third kappa shape index (κ3) is 4.88. The first kappa shape index (κ1) is 25.1. The normalized spacial score (nSPS) is 24.0. The molecule has 3 N–H and O–H groups in total. The van der Waals surface area contributed by atoms with Crippen molar-refractivity contribution in [3.05, 3.63) is 47.8 Å². The second-order valence-electron chi connectivity index (χ2n) is 10.9. The van der Waals surface area contributed by atoms with Gasteiger partial charge in [-0.25, -0.2) is 13.3 Å². The van der Waals surface area contributed by atoms with Crippen molar-refractivity contribution in [1.82, 2.24) is 19.9 Å². The largest absolute Gasteiger partial charge is 0.387 e. The number of hydrogen-bond donors (Lipinski definition) is 3. The summed E-state index contributed by atoms with van der Waals surface area (Å²) in [7, 11) is 0. The zero-order valence-electron chi connectivity index (χ0n) is 20.9. The molecule has 10 heteroatoms. The SMILES string of the molecule is CC(C)(O)[C@H](F)CNC(=O)c1cnc(-c2ccc3cc(C#N)cnn23)cc1NC12CCC(F)(CC1)CC2. The van der Waals surface area contributed by atoms with E-state index in [9.17, 15) is 18.7 Å². The van der Waals surface area contributed by atoms with Crippen LogP contribution in [-0.2, 0) is 0 Å². The van der Waals surface area contributed by atoms with Gasteiger partial charge in [0.25, 0.3) is 5.91 Å². The van der Waals surface area contributed by atoms with Gasteiger partial charge in [-0.15, -0.1) is 0 Å². The number of nitrogens with zero attached hydrogens (tertiary/aromatic N) is 4. The molecular formula is C27H30F2N6O2. The van der Waals surface area contributed by atoms with Crippen LogP contribution in [0.4, 0.5) is 14.5 Å². The van der Waals surface area contributed by atoms with E-state index in [0.717, 1.165) is 5.52 Å². The number of halogens is 2. The Kier molecular flexibility index (Phi) is 6.15. The second kappa shape index (κ2) is 9.06. The molecule has 3 heterocycles. The maximum atomic E-state index is 14.8. The maximum absolute atomic E-state index is 14.8. The molecule has 0 aliphatic heterocycles. The van der Waals surface area contributed by atoms with Crippen LogP contribution in [0.15, 0.2) is 36.7 Å². The van der Waals surface area contributed by atoms with Crippen LogP contribution < -0.4 is 10.6 Å². The summed E-state index contributed by atoms with van der Waals surface area (Å²) in [6.45, 7) is 2.34. The summed E-state index contributed by atoms with van der Waals surface area (Å²) in [5.41, 5.74) is 0.138. The number of alkyl halides is 2. The summed E-state index contributed by atoms with van der Waals surface area (Å²) in [4.78, 5) is 17.6. The van der Waals surface area contributed by atoms with Gasteiger partial charge in [0, 0.05) is 11.7 Å². The van der Waals surface area contributed by atoms with Crippen molar-refractivity contribution in [3.63, 3.8) is 0 Å². The van der Waals surface area contributed by atoms with Gasteiger partial charge in [0.15, 0.2) is 0 Å². The first-order valence-corrected chi connectivity index (χ1v) is 12.5. The molecule has 3 aliphatic carbocycles. The van der Waals surface area contributed by atoms with Gasteiger partial charge in [-0.05, 0) is 76.6 Å². The Morgan fingerprint density at radius 3 is 2.57 bits per heavy atom. The Balaban J connectivity index is 1.49. The van der Waals surface area contributed by atoms with Crippen molar-refractivity contribution >= 4 is 17.1 Å². The summed E-state index contributed by atoms with van der Waals surface area (Å²) in [5.74, 6) is -0.520. The number of anilines is 1. The molecule has 0 radical (unpaired) electrons. The summed E-state index contributed by atoms with van der Waals surface area (Å²) in [6.07, 6.45) is 4.65. The Labute approximate surface area is 213 Å². The number of carbonyl (C=O) groups excluding carboxylic acids is 1. The fraction of sp³-hybridized carbons (Fsp3) is 0.481. The number of aliphatic hydroxyl groups is 1. The lowest BCUT2D eigenvalue weighted by Gasteiger charge is -2.50. The van der Waals surface area contributed by atoms with Crippen LogP contribution >= 0.6 is 0 Å². The number of carbonyl (C=O) groups is 1. The number of nitrogens with one attached hydrogen (secondary N) is 2. The first-order valence-electron chi connectivity index (χ1n) is 12.5. The zero-order valence-corrected chi connectivity index (χ0v) is 20.9. The number of pyridine rings is 1. The molecule has 194 valence electrons. The van der Waals surface area contributed by atoms with E-state index in [1.807, 2.05) is 12.1 Å². The molecule has 8 nitrogen and oxygen atoms in total. The lowest BCUT2D eigenvalue weighted by molar-refractivity contribution is -0.00179. The van der Waals surface area contributed by atoms with Crippen molar-refractivity contribution in [2.45, 2.75) is 75.4 Å². The highest BCUT2D eigenvalue weighted by Gasteiger charge is 2.49. The molecule has 0 spiro atoms. The minimum Gasteiger partial charge on any atom is -0.387 e. The van der Waals surface area contributed by atoms with Crippen molar-refractivity contribution in [3.8, 4) is 17.5 Å². The third-order valence-electron chi connectivity index (χ3n) is 7.80. The summed E-state index contributed by atoms with van der Waals surface area (Å²) in [5, 5.41) is 29.5. The average Bonchev–Trinajstić information content (AvgIpc) is 3.30. The number of aromatic nitrogens is 3. The quantitative estimate of drug-likeness (QED) is 0.438. The topological polar surface area (TPSA) is 115 Å². The summed E-state index contributed by atoms with van der Waals surface area (Å²) >= 11 is 0. The van der Waals surface area contributed by atoms with Gasteiger partial charge >= 0.3 is 0 Å². The van der Waals surface area contributed by atoms with Crippen LogP contribution in [0.5, 0.6) is 0 Å². The van der Waals surface area contributed by atoms with E-state index in [-0.39, 0.29) is 17.6 Å². The molecule has 3 aromatic heterocycles. The van der Waals surface area contributed by atoms with Crippen molar-refractivity contribution < 1.29 is 18.7 Å². The Hall–Kier alpha value is -3.58. The molecule has 0 saturated heterocycles. The van der Waals surface area contributed by atoms with Crippen molar-refractivity contribution in [2.75, 3.05) is 11.9 Å². The fourth-order valence-electron chi connectivity index (χ4n) is 5.27. The molecular weight excluding hydrogens is 478 g/mol. The minimum atomic E-state index is -1.65. The first-order chi connectivity index (χ1) is 17.5. The standard InChI is InChI=1S/C27H30F2N6O2/c1-25(2,37)23(28)16-32-24(36)19-15-31-21(22-4-3-18-11-17(13-30)14-33-35(18)22)12-20(19)34-27-8-5-26(29,6-9-27)7-10-27/h3-4,11-12,14-15,23,37H,5-10,16H2,1-2H3,(H,31,34)(H,32,36)/t23-,26?,27?/m1/s1. The molecule has 0 aromatic carbocycles. The molecule has 0 unspecified atom stereocenters. The molecule has 3 aliphatic rings. The number of rotatable bonds is 7. The van der Waals surface area contributed by atoms with Crippen LogP contribution in [0.25, 0.3) is 16.9 Å². The molecule has 1 amide bonds. The highest BCUT2D eigenvalue weighted by Crippen LogP contribution is 2.50. The number of nitriles is 1. The Morgan fingerprint density at radius 2 is 1.92 bits per heavy atom. The van der Waals surface area contributed by atoms with Gasteiger partial charge < -0.3 is 15.7 Å². The average molecular weight is 509 g/mol. The molecule has 1 atom stereocenters. The number of amides is 1. The molecule has 2 bridgehead atoms. The lowest BCUT2D eigenvalue weighted by Crippen LogP contribution is -2.52. The summed E-state index contributed by atoms with van der Waals surface area (Å²) < 4.78 is 30.8. The van der Waals surface area contributed by atoms with E-state index in [4.69, 9.17) is 5.26 Å². The van der Waals surface area contributed by atoms with Gasteiger partial charge in [-0.2, -0.15) is 10.4 Å². The van der Waals surface area contributed by atoms with E-state index in [0.29, 0.717) is 61.2 Å². The van der Waals surface area contributed by atoms with Gasteiger partial charge in [-0.3, -0.25) is 9.78 Å². The second-order valence-corrected chi connectivity index (χ2v) is 10.9. The predicted octanol–water partition coefficient (Wildman–Crippen LogP) is 4.33. The molecule has 3 aromatic rings. The zero-order chi connectivity index (χ0) is 26.4. The van der Waals surface area contributed by atoms with Gasteiger partial charge in [0.2, 0.25) is 0 Å². The van der Waals surface area contributed by atoms with Crippen LogP contribution in [0.2, 0.25) is 0 Å². The molecule has 37 heavy (non-hydrogen) atoms. The van der Waals surface area contributed by atoms with E-state index >= 15 is 0 Å². The van der Waals surface area contributed by atoms with Gasteiger partial charge in [0.05, 0.1) is 52.1 Å². The Bertz CT molecular complexity index is 1370. The van der Waals surface area contributed by atoms with Gasteiger partial charge in [0.1, 0.15) is 17.9 Å². The fourth-order valence-corrected chi connectivity index (χ4v) is 5.27. The van der Waals surface area contributed by atoms with E-state index in [1.165, 1.54) is 26.2 Å². The third-order valence-corrected chi connectivity index (χ3v) is 7.80. The smallest absolute Gasteiger partial charge is 0.255 e. The lowest BCUT2D eigenvalue weighted by atomic mass is 9.64. The van der Waals surface area contributed by atoms with Gasteiger partial charge in [-0.1, -0.05) is 0 Å². The maximum Gasteiger partial charge on any atom is 0.255 e.